The third-order valence-electron chi connectivity index (χ3n) is 2.09. The third-order valence-corrected chi connectivity index (χ3v) is 3.19. The number of nitrogens with zero attached hydrogens (tertiary/aromatic N) is 2. The third kappa shape index (κ3) is 2.82. The summed E-state index contributed by atoms with van der Waals surface area (Å²) in [6.07, 6.45) is 3.25. The number of halogens is 2. The van der Waals surface area contributed by atoms with Crippen LogP contribution >= 0.6 is 11.9 Å². The highest BCUT2D eigenvalue weighted by molar-refractivity contribution is 8.01. The van der Waals surface area contributed by atoms with Gasteiger partial charge < -0.3 is 5.11 Å². The molecule has 0 radical (unpaired) electrons. The van der Waals surface area contributed by atoms with Gasteiger partial charge in [0.2, 0.25) is 5.95 Å². The molecular formula is C9H9F2N3O2S. The number of hydrogen-bond donors (Lipinski definition) is 2. The van der Waals surface area contributed by atoms with E-state index in [0.717, 1.165) is 25.1 Å². The van der Waals surface area contributed by atoms with Crippen molar-refractivity contribution < 1.29 is 18.7 Å². The Morgan fingerprint density at radius 3 is 2.88 bits per heavy atom. The first kappa shape index (κ1) is 12.0. The lowest BCUT2D eigenvalue weighted by Crippen LogP contribution is -2.26. The highest BCUT2D eigenvalue weighted by Crippen LogP contribution is 2.34. The fraction of sp³-hybridized carbons (Fsp3) is 0.444. The van der Waals surface area contributed by atoms with Gasteiger partial charge in [0.1, 0.15) is 5.69 Å². The quantitative estimate of drug-likeness (QED) is 0.788. The summed E-state index contributed by atoms with van der Waals surface area (Å²) in [7, 11) is 0. The Balaban J connectivity index is 2.12. The van der Waals surface area contributed by atoms with Crippen molar-refractivity contribution in [3.05, 3.63) is 18.0 Å². The van der Waals surface area contributed by atoms with Gasteiger partial charge in [-0.2, -0.15) is 8.78 Å². The number of anilines is 1. The van der Waals surface area contributed by atoms with Crippen LogP contribution in [0, 0.1) is 0 Å². The molecule has 1 aliphatic rings. The molecule has 1 fully saturated rings. The first-order valence-corrected chi connectivity index (χ1v) is 5.74. The summed E-state index contributed by atoms with van der Waals surface area (Å²) in [5, 5.41) is 8.84. The minimum absolute atomic E-state index is 0.000301. The van der Waals surface area contributed by atoms with Gasteiger partial charge in [-0.3, -0.25) is 4.72 Å². The van der Waals surface area contributed by atoms with Crippen LogP contribution in [0.5, 0.6) is 0 Å². The van der Waals surface area contributed by atoms with E-state index in [4.69, 9.17) is 5.11 Å². The molecule has 0 amide bonds. The topological polar surface area (TPSA) is 75.1 Å². The van der Waals surface area contributed by atoms with Gasteiger partial charge in [0.25, 0.3) is 0 Å². The Morgan fingerprint density at radius 1 is 1.59 bits per heavy atom. The van der Waals surface area contributed by atoms with Gasteiger partial charge >= 0.3 is 11.9 Å². The molecule has 5 nitrogen and oxygen atoms in total. The first-order chi connectivity index (χ1) is 8.00. The molecule has 8 heteroatoms. The fourth-order valence-corrected chi connectivity index (χ4v) is 1.76. The van der Waals surface area contributed by atoms with Crippen molar-refractivity contribution in [3.8, 4) is 0 Å². The molecule has 0 saturated heterocycles. The van der Waals surface area contributed by atoms with Crippen LogP contribution in [0.3, 0.4) is 0 Å². The predicted octanol–water partition coefficient (Wildman–Crippen LogP) is 1.88. The number of rotatable bonds is 5. The molecule has 1 saturated carbocycles. The van der Waals surface area contributed by atoms with Gasteiger partial charge in [-0.15, -0.1) is 0 Å². The highest BCUT2D eigenvalue weighted by Gasteiger charge is 2.43. The fourth-order valence-electron chi connectivity index (χ4n) is 1.01. The zero-order valence-electron chi connectivity index (χ0n) is 8.56. The van der Waals surface area contributed by atoms with E-state index in [9.17, 15) is 13.6 Å². The second-order valence-electron chi connectivity index (χ2n) is 3.56. The average Bonchev–Trinajstić information content (AvgIpc) is 3.10. The Kier molecular flexibility index (Phi) is 3.14. The number of aliphatic carboxylic acids is 1. The van der Waals surface area contributed by atoms with Crippen molar-refractivity contribution in [3.63, 3.8) is 0 Å². The summed E-state index contributed by atoms with van der Waals surface area (Å²) in [6.45, 7) is 0. The molecule has 1 heterocycles. The van der Waals surface area contributed by atoms with E-state index in [-0.39, 0.29) is 5.95 Å². The highest BCUT2D eigenvalue weighted by atomic mass is 32.2. The summed E-state index contributed by atoms with van der Waals surface area (Å²) >= 11 is 1.36. The Labute approximate surface area is 99.8 Å². The van der Waals surface area contributed by atoms with Gasteiger partial charge in [0.05, 0.1) is 0 Å². The van der Waals surface area contributed by atoms with E-state index in [1.165, 1.54) is 11.9 Å². The monoisotopic (exact) mass is 261 g/mol. The van der Waals surface area contributed by atoms with Crippen molar-refractivity contribution >= 4 is 23.9 Å². The second kappa shape index (κ2) is 4.44. The lowest BCUT2D eigenvalue weighted by Gasteiger charge is -2.11. The number of carbonyl (C=O) groups is 1. The van der Waals surface area contributed by atoms with Crippen molar-refractivity contribution in [1.82, 2.24) is 9.97 Å². The van der Waals surface area contributed by atoms with E-state index in [0.29, 0.717) is 5.25 Å². The smallest absolute Gasteiger partial charge is 0.384 e. The van der Waals surface area contributed by atoms with Crippen LogP contribution in [0.1, 0.15) is 18.5 Å². The largest absolute Gasteiger partial charge is 0.476 e. The lowest BCUT2D eigenvalue weighted by molar-refractivity contribution is -0.166. The zero-order chi connectivity index (χ0) is 12.5. The molecule has 2 N–H and O–H groups in total. The Morgan fingerprint density at radius 2 is 2.29 bits per heavy atom. The lowest BCUT2D eigenvalue weighted by atomic mass is 10.2. The van der Waals surface area contributed by atoms with Gasteiger partial charge in [-0.05, 0) is 30.9 Å². The van der Waals surface area contributed by atoms with E-state index >= 15 is 0 Å². The number of alkyl halides is 2. The molecule has 1 aromatic heterocycles. The maximum absolute atomic E-state index is 13.1. The number of aromatic nitrogens is 2. The molecule has 0 aromatic carbocycles. The molecule has 92 valence electrons. The van der Waals surface area contributed by atoms with Crippen molar-refractivity contribution in [1.29, 1.82) is 0 Å². The number of carboxylic acid groups (broad SMARTS) is 1. The molecule has 0 aliphatic heterocycles. The molecule has 0 atom stereocenters. The van der Waals surface area contributed by atoms with Gasteiger partial charge in [-0.1, -0.05) is 0 Å². The molecule has 17 heavy (non-hydrogen) atoms. The van der Waals surface area contributed by atoms with E-state index in [2.05, 4.69) is 14.7 Å². The van der Waals surface area contributed by atoms with Crippen LogP contribution in [0.4, 0.5) is 14.7 Å². The van der Waals surface area contributed by atoms with Gasteiger partial charge in [-0.25, -0.2) is 14.8 Å². The Bertz CT molecular complexity index is 440. The molecular weight excluding hydrogens is 252 g/mol. The van der Waals surface area contributed by atoms with Crippen LogP contribution in [0.15, 0.2) is 12.3 Å². The zero-order valence-corrected chi connectivity index (χ0v) is 9.38. The van der Waals surface area contributed by atoms with E-state index in [1.54, 1.807) is 0 Å². The molecule has 1 aromatic rings. The number of carboxylic acids is 1. The van der Waals surface area contributed by atoms with Gasteiger partial charge in [0.15, 0.2) is 0 Å². The van der Waals surface area contributed by atoms with E-state index in [1.807, 2.05) is 0 Å². The van der Waals surface area contributed by atoms with Crippen LogP contribution in [-0.2, 0) is 10.7 Å². The summed E-state index contributed by atoms with van der Waals surface area (Å²) in [4.78, 5) is 17.6. The normalized spacial score (nSPS) is 15.6. The van der Waals surface area contributed by atoms with E-state index < -0.39 is 17.6 Å². The minimum Gasteiger partial charge on any atom is -0.476 e. The standard InChI is InChI=1S/C9H9F2N3O2S/c10-9(11,7(15)16)6-3-4-12-8(13-6)14-17-5-1-2-5/h3-5H,1-2H2,(H,15,16)(H,12,13,14). The van der Waals surface area contributed by atoms with Gasteiger partial charge in [0, 0.05) is 11.4 Å². The molecule has 2 rings (SSSR count). The summed E-state index contributed by atoms with van der Waals surface area (Å²) in [5.41, 5.74) is -0.820. The Hall–Kier alpha value is -1.44. The summed E-state index contributed by atoms with van der Waals surface area (Å²) < 4.78 is 29.0. The summed E-state index contributed by atoms with van der Waals surface area (Å²) in [5.74, 6) is -6.22. The molecule has 0 bridgehead atoms. The van der Waals surface area contributed by atoms with Crippen LogP contribution in [0.25, 0.3) is 0 Å². The minimum atomic E-state index is -4.00. The van der Waals surface area contributed by atoms with Crippen LogP contribution in [0.2, 0.25) is 0 Å². The van der Waals surface area contributed by atoms with Crippen molar-refractivity contribution in [2.24, 2.45) is 0 Å². The van der Waals surface area contributed by atoms with Crippen molar-refractivity contribution in [2.45, 2.75) is 24.0 Å². The predicted molar refractivity (Wildman–Crippen MR) is 57.8 cm³/mol. The first-order valence-electron chi connectivity index (χ1n) is 4.86. The maximum Gasteiger partial charge on any atom is 0.384 e. The number of nitrogens with one attached hydrogen (secondary N) is 1. The maximum atomic E-state index is 13.1. The second-order valence-corrected chi connectivity index (χ2v) is 4.67. The van der Waals surface area contributed by atoms with Crippen molar-refractivity contribution in [2.75, 3.05) is 4.72 Å². The molecule has 1 aliphatic carbocycles. The summed E-state index contributed by atoms with van der Waals surface area (Å²) in [6, 6.07) is 0.890. The van der Waals surface area contributed by atoms with Crippen LogP contribution in [-0.4, -0.2) is 26.3 Å². The number of hydrogen-bond acceptors (Lipinski definition) is 5. The molecule has 0 unspecified atom stereocenters. The molecule has 0 spiro atoms. The van der Waals surface area contributed by atoms with Crippen LogP contribution < -0.4 is 4.72 Å². The SMILES string of the molecule is O=C(O)C(F)(F)c1ccnc(NSC2CC2)n1. The average molecular weight is 261 g/mol.